The Kier molecular flexibility index (Phi) is 3.92. The molecule has 0 unspecified atom stereocenters. The van der Waals surface area contributed by atoms with Gasteiger partial charge >= 0.3 is 6.09 Å². The molecule has 98 valence electrons. The summed E-state index contributed by atoms with van der Waals surface area (Å²) in [6, 6.07) is 3.95. The van der Waals surface area contributed by atoms with Crippen molar-refractivity contribution < 1.29 is 19.0 Å². The molecule has 0 fully saturated rings. The molecule has 0 saturated heterocycles. The second-order valence-corrected chi connectivity index (χ2v) is 4.09. The molecule has 5 heteroatoms. The van der Waals surface area contributed by atoms with E-state index in [9.17, 15) is 4.79 Å². The first kappa shape index (κ1) is 12.5. The third-order valence-electron chi connectivity index (χ3n) is 2.85. The minimum absolute atomic E-state index is 0.412. The average molecular weight is 251 g/mol. The molecular weight excluding hydrogens is 234 g/mol. The van der Waals surface area contributed by atoms with Crippen LogP contribution in [0.4, 0.5) is 4.79 Å². The Labute approximate surface area is 106 Å². The SMILES string of the molecule is COC(=O)NCCc1cc2c(cc1C)OCCO2. The van der Waals surface area contributed by atoms with E-state index in [4.69, 9.17) is 9.47 Å². The number of ether oxygens (including phenoxy) is 3. The first-order chi connectivity index (χ1) is 8.70. The monoisotopic (exact) mass is 251 g/mol. The zero-order valence-electron chi connectivity index (χ0n) is 10.6. The first-order valence-electron chi connectivity index (χ1n) is 5.91. The smallest absolute Gasteiger partial charge is 0.406 e. The molecule has 1 aliphatic heterocycles. The number of hydrogen-bond donors (Lipinski definition) is 1. The van der Waals surface area contributed by atoms with E-state index in [2.05, 4.69) is 10.1 Å². The van der Waals surface area contributed by atoms with E-state index in [0.717, 1.165) is 29.0 Å². The summed E-state index contributed by atoms with van der Waals surface area (Å²) in [5, 5.41) is 2.65. The summed E-state index contributed by atoms with van der Waals surface area (Å²) in [4.78, 5) is 10.9. The van der Waals surface area contributed by atoms with Crippen LogP contribution in [0.2, 0.25) is 0 Å². The fourth-order valence-corrected chi connectivity index (χ4v) is 1.87. The number of hydrogen-bond acceptors (Lipinski definition) is 4. The number of alkyl carbamates (subject to hydrolysis) is 1. The van der Waals surface area contributed by atoms with Gasteiger partial charge in [-0.25, -0.2) is 4.79 Å². The summed E-state index contributed by atoms with van der Waals surface area (Å²) in [7, 11) is 1.35. The van der Waals surface area contributed by atoms with E-state index in [1.807, 2.05) is 19.1 Å². The van der Waals surface area contributed by atoms with Gasteiger partial charge in [0.1, 0.15) is 13.2 Å². The number of aryl methyl sites for hydroxylation is 1. The molecule has 18 heavy (non-hydrogen) atoms. The summed E-state index contributed by atoms with van der Waals surface area (Å²) < 4.78 is 15.5. The Morgan fingerprint density at radius 3 is 2.67 bits per heavy atom. The summed E-state index contributed by atoms with van der Waals surface area (Å²) in [5.74, 6) is 1.57. The van der Waals surface area contributed by atoms with Crippen molar-refractivity contribution in [3.05, 3.63) is 23.3 Å². The van der Waals surface area contributed by atoms with Crippen molar-refractivity contribution in [3.8, 4) is 11.5 Å². The van der Waals surface area contributed by atoms with Crippen LogP contribution in [0, 0.1) is 6.92 Å². The van der Waals surface area contributed by atoms with Crippen LogP contribution in [-0.4, -0.2) is 33.0 Å². The average Bonchev–Trinajstić information content (AvgIpc) is 2.39. The molecule has 1 aromatic rings. The van der Waals surface area contributed by atoms with Gasteiger partial charge in [0.05, 0.1) is 7.11 Å². The van der Waals surface area contributed by atoms with Crippen LogP contribution in [0.1, 0.15) is 11.1 Å². The van der Waals surface area contributed by atoms with Gasteiger partial charge in [-0.3, -0.25) is 0 Å². The predicted molar refractivity (Wildman–Crippen MR) is 66.3 cm³/mol. The highest BCUT2D eigenvalue weighted by Crippen LogP contribution is 2.33. The fraction of sp³-hybridized carbons (Fsp3) is 0.462. The standard InChI is InChI=1S/C13H17NO4/c1-9-7-11-12(18-6-5-17-11)8-10(9)3-4-14-13(15)16-2/h7-8H,3-6H2,1-2H3,(H,14,15). The van der Waals surface area contributed by atoms with E-state index in [-0.39, 0.29) is 0 Å². The quantitative estimate of drug-likeness (QED) is 0.887. The summed E-state index contributed by atoms with van der Waals surface area (Å²) in [6.07, 6.45) is 0.322. The van der Waals surface area contributed by atoms with Gasteiger partial charge < -0.3 is 19.5 Å². The van der Waals surface area contributed by atoms with Crippen LogP contribution in [0.25, 0.3) is 0 Å². The summed E-state index contributed by atoms with van der Waals surface area (Å²) in [5.41, 5.74) is 2.27. The normalized spacial score (nSPS) is 13.0. The highest BCUT2D eigenvalue weighted by atomic mass is 16.6. The maximum Gasteiger partial charge on any atom is 0.406 e. The zero-order chi connectivity index (χ0) is 13.0. The van der Waals surface area contributed by atoms with Crippen molar-refractivity contribution in [1.29, 1.82) is 0 Å². The number of fused-ring (bicyclic) bond motifs is 1. The lowest BCUT2D eigenvalue weighted by atomic mass is 10.0. The highest BCUT2D eigenvalue weighted by molar-refractivity contribution is 5.66. The van der Waals surface area contributed by atoms with Crippen molar-refractivity contribution in [1.82, 2.24) is 5.32 Å². The molecule has 1 amide bonds. The van der Waals surface area contributed by atoms with Gasteiger partial charge in [-0.05, 0) is 36.6 Å². The van der Waals surface area contributed by atoms with E-state index in [0.29, 0.717) is 19.8 Å². The molecule has 0 spiro atoms. The first-order valence-corrected chi connectivity index (χ1v) is 5.91. The molecule has 1 heterocycles. The Morgan fingerprint density at radius 1 is 1.33 bits per heavy atom. The number of amides is 1. The molecule has 2 rings (SSSR count). The molecule has 0 aromatic heterocycles. The molecule has 0 atom stereocenters. The van der Waals surface area contributed by atoms with Crippen LogP contribution < -0.4 is 14.8 Å². The van der Waals surface area contributed by atoms with Crippen molar-refractivity contribution in [3.63, 3.8) is 0 Å². The Balaban J connectivity index is 2.02. The Bertz CT molecular complexity index is 445. The summed E-state index contributed by atoms with van der Waals surface area (Å²) in [6.45, 7) is 3.73. The van der Waals surface area contributed by atoms with Crippen LogP contribution >= 0.6 is 0 Å². The Morgan fingerprint density at radius 2 is 2.00 bits per heavy atom. The van der Waals surface area contributed by atoms with Crippen LogP contribution in [0.5, 0.6) is 11.5 Å². The number of methoxy groups -OCH3 is 1. The van der Waals surface area contributed by atoms with Gasteiger partial charge in [-0.2, -0.15) is 0 Å². The van der Waals surface area contributed by atoms with Crippen LogP contribution in [0.3, 0.4) is 0 Å². The maximum absolute atomic E-state index is 10.9. The second-order valence-electron chi connectivity index (χ2n) is 4.09. The molecule has 1 aromatic carbocycles. The van der Waals surface area contributed by atoms with Crippen LogP contribution in [-0.2, 0) is 11.2 Å². The molecule has 0 radical (unpaired) electrons. The van der Waals surface area contributed by atoms with Crippen molar-refractivity contribution >= 4 is 6.09 Å². The molecule has 1 aliphatic rings. The highest BCUT2D eigenvalue weighted by Gasteiger charge is 2.14. The number of benzene rings is 1. The van der Waals surface area contributed by atoms with E-state index in [1.54, 1.807) is 0 Å². The number of carbonyl (C=O) groups excluding carboxylic acids is 1. The van der Waals surface area contributed by atoms with E-state index >= 15 is 0 Å². The Hall–Kier alpha value is -1.91. The summed E-state index contributed by atoms with van der Waals surface area (Å²) >= 11 is 0. The zero-order valence-corrected chi connectivity index (χ0v) is 10.6. The lowest BCUT2D eigenvalue weighted by Gasteiger charge is -2.20. The molecule has 5 nitrogen and oxygen atoms in total. The second kappa shape index (κ2) is 5.62. The number of carbonyl (C=O) groups is 1. The predicted octanol–water partition coefficient (Wildman–Crippen LogP) is 1.66. The van der Waals surface area contributed by atoms with E-state index < -0.39 is 6.09 Å². The lowest BCUT2D eigenvalue weighted by molar-refractivity contribution is 0.170. The molecule has 0 saturated carbocycles. The van der Waals surface area contributed by atoms with Gasteiger partial charge in [0, 0.05) is 6.54 Å². The minimum Gasteiger partial charge on any atom is -0.486 e. The van der Waals surface area contributed by atoms with Gasteiger partial charge in [-0.1, -0.05) is 0 Å². The van der Waals surface area contributed by atoms with Crippen molar-refractivity contribution in [2.45, 2.75) is 13.3 Å². The number of rotatable bonds is 3. The minimum atomic E-state index is -0.412. The van der Waals surface area contributed by atoms with Gasteiger partial charge in [0.15, 0.2) is 11.5 Å². The molecule has 1 N–H and O–H groups in total. The van der Waals surface area contributed by atoms with Crippen molar-refractivity contribution in [2.75, 3.05) is 26.9 Å². The van der Waals surface area contributed by atoms with Gasteiger partial charge in [0.2, 0.25) is 0 Å². The van der Waals surface area contributed by atoms with Gasteiger partial charge in [-0.15, -0.1) is 0 Å². The fourth-order valence-electron chi connectivity index (χ4n) is 1.87. The maximum atomic E-state index is 10.9. The van der Waals surface area contributed by atoms with E-state index in [1.165, 1.54) is 7.11 Å². The number of nitrogens with one attached hydrogen (secondary N) is 1. The van der Waals surface area contributed by atoms with Crippen molar-refractivity contribution in [2.24, 2.45) is 0 Å². The molecule has 0 aliphatic carbocycles. The molecule has 0 bridgehead atoms. The van der Waals surface area contributed by atoms with Gasteiger partial charge in [0.25, 0.3) is 0 Å². The van der Waals surface area contributed by atoms with Crippen LogP contribution in [0.15, 0.2) is 12.1 Å². The largest absolute Gasteiger partial charge is 0.486 e. The lowest BCUT2D eigenvalue weighted by Crippen LogP contribution is -2.25. The third-order valence-corrected chi connectivity index (χ3v) is 2.85. The topological polar surface area (TPSA) is 56.8 Å². The molecular formula is C13H17NO4. The third kappa shape index (κ3) is 2.85.